The number of phenolic OH excluding ortho intramolecular Hbond substituents is 1. The van der Waals surface area contributed by atoms with Crippen LogP contribution in [-0.4, -0.2) is 34.6 Å². The van der Waals surface area contributed by atoms with Crippen LogP contribution >= 0.6 is 11.3 Å². The molecule has 0 bridgehead atoms. The first-order chi connectivity index (χ1) is 10.6. The Morgan fingerprint density at radius 3 is 3.05 bits per heavy atom. The number of thiazole rings is 1. The number of aromatic nitrogens is 1. The van der Waals surface area contributed by atoms with Crippen LogP contribution in [0.5, 0.6) is 5.75 Å². The number of phenols is 1. The largest absolute Gasteiger partial charge is 0.508 e. The normalized spacial score (nSPS) is 15.9. The first kappa shape index (κ1) is 15.1. The second kappa shape index (κ2) is 6.50. The summed E-state index contributed by atoms with van der Waals surface area (Å²) in [6.45, 7) is 4.91. The van der Waals surface area contributed by atoms with Gasteiger partial charge in [-0.2, -0.15) is 0 Å². The number of nitrogens with two attached hydrogens (primary N) is 1. The van der Waals surface area contributed by atoms with Gasteiger partial charge >= 0.3 is 0 Å². The van der Waals surface area contributed by atoms with E-state index in [1.807, 2.05) is 19.1 Å². The Labute approximate surface area is 134 Å². The van der Waals surface area contributed by atoms with Crippen LogP contribution in [0.2, 0.25) is 0 Å². The molecule has 22 heavy (non-hydrogen) atoms. The molecule has 116 valence electrons. The maximum atomic E-state index is 9.72. The minimum atomic E-state index is 0.352. The van der Waals surface area contributed by atoms with E-state index in [-0.39, 0.29) is 0 Å². The fraction of sp³-hybridized carbons (Fsp3) is 0.353. The monoisotopic (exact) mass is 315 g/mol. The standard InChI is InChI=1S/C17H21N3OS/c1-12-13(4-2-6-15(12)21)5-3-9-20-10-7-14-16(8-11-20)22-17(18)19-14/h2-6,21H,7-11H2,1H3,(H2,18,19)/b5-3+. The summed E-state index contributed by atoms with van der Waals surface area (Å²) in [6.07, 6.45) is 6.26. The van der Waals surface area contributed by atoms with Crippen LogP contribution in [0.1, 0.15) is 21.7 Å². The lowest BCUT2D eigenvalue weighted by Crippen LogP contribution is -2.26. The van der Waals surface area contributed by atoms with Gasteiger partial charge in [-0.05, 0) is 30.5 Å². The Kier molecular flexibility index (Phi) is 4.45. The van der Waals surface area contributed by atoms with E-state index >= 15 is 0 Å². The van der Waals surface area contributed by atoms with Crippen molar-refractivity contribution in [3.05, 3.63) is 46.0 Å². The molecule has 3 rings (SSSR count). The zero-order valence-corrected chi connectivity index (χ0v) is 13.6. The van der Waals surface area contributed by atoms with Crippen molar-refractivity contribution in [1.82, 2.24) is 9.88 Å². The van der Waals surface area contributed by atoms with Crippen LogP contribution in [-0.2, 0) is 12.8 Å². The number of hydrogen-bond acceptors (Lipinski definition) is 5. The van der Waals surface area contributed by atoms with Crippen LogP contribution in [0.25, 0.3) is 6.08 Å². The number of aromatic hydroxyl groups is 1. The molecule has 2 heterocycles. The Morgan fingerprint density at radius 1 is 1.36 bits per heavy atom. The number of rotatable bonds is 3. The molecule has 0 atom stereocenters. The molecule has 0 aliphatic carbocycles. The lowest BCUT2D eigenvalue weighted by molar-refractivity contribution is 0.318. The minimum Gasteiger partial charge on any atom is -0.508 e. The fourth-order valence-electron chi connectivity index (χ4n) is 2.76. The topological polar surface area (TPSA) is 62.4 Å². The number of nitrogens with zero attached hydrogens (tertiary/aromatic N) is 2. The summed E-state index contributed by atoms with van der Waals surface area (Å²) in [5, 5.41) is 10.4. The van der Waals surface area contributed by atoms with Crippen molar-refractivity contribution >= 4 is 22.5 Å². The molecule has 5 heteroatoms. The number of hydrogen-bond donors (Lipinski definition) is 2. The van der Waals surface area contributed by atoms with Crippen molar-refractivity contribution in [2.45, 2.75) is 19.8 Å². The van der Waals surface area contributed by atoms with E-state index in [0.29, 0.717) is 10.9 Å². The van der Waals surface area contributed by atoms with Crippen molar-refractivity contribution in [2.24, 2.45) is 0 Å². The quantitative estimate of drug-likeness (QED) is 0.914. The van der Waals surface area contributed by atoms with Gasteiger partial charge in [-0.3, -0.25) is 4.90 Å². The molecule has 1 aromatic heterocycles. The molecule has 0 saturated heterocycles. The van der Waals surface area contributed by atoms with Crippen LogP contribution in [0.3, 0.4) is 0 Å². The minimum absolute atomic E-state index is 0.352. The average Bonchev–Trinajstić information content (AvgIpc) is 2.75. The van der Waals surface area contributed by atoms with E-state index in [9.17, 15) is 5.11 Å². The fourth-order valence-corrected chi connectivity index (χ4v) is 3.63. The van der Waals surface area contributed by atoms with Crippen LogP contribution in [0.15, 0.2) is 24.3 Å². The molecule has 1 aliphatic rings. The lowest BCUT2D eigenvalue weighted by atomic mass is 10.1. The highest BCUT2D eigenvalue weighted by Gasteiger charge is 2.16. The highest BCUT2D eigenvalue weighted by molar-refractivity contribution is 7.15. The Hall–Kier alpha value is -1.85. The third-order valence-corrected chi connectivity index (χ3v) is 5.11. The molecule has 1 aliphatic heterocycles. The lowest BCUT2D eigenvalue weighted by Gasteiger charge is -2.17. The molecule has 4 nitrogen and oxygen atoms in total. The molecule has 1 aromatic carbocycles. The van der Waals surface area contributed by atoms with Crippen molar-refractivity contribution in [2.75, 3.05) is 25.4 Å². The summed E-state index contributed by atoms with van der Waals surface area (Å²) in [6, 6.07) is 5.62. The zero-order chi connectivity index (χ0) is 15.5. The Morgan fingerprint density at radius 2 is 2.18 bits per heavy atom. The van der Waals surface area contributed by atoms with E-state index in [0.717, 1.165) is 43.6 Å². The van der Waals surface area contributed by atoms with Gasteiger partial charge in [0.2, 0.25) is 0 Å². The van der Waals surface area contributed by atoms with Gasteiger partial charge in [0.1, 0.15) is 5.75 Å². The summed E-state index contributed by atoms with van der Waals surface area (Å²) < 4.78 is 0. The van der Waals surface area contributed by atoms with E-state index < -0.39 is 0 Å². The van der Waals surface area contributed by atoms with Gasteiger partial charge in [-0.15, -0.1) is 11.3 Å². The Balaban J connectivity index is 1.59. The number of benzene rings is 1. The first-order valence-electron chi connectivity index (χ1n) is 7.55. The highest BCUT2D eigenvalue weighted by Crippen LogP contribution is 2.24. The molecule has 0 spiro atoms. The summed E-state index contributed by atoms with van der Waals surface area (Å²) in [5.74, 6) is 0.352. The number of anilines is 1. The highest BCUT2D eigenvalue weighted by atomic mass is 32.1. The van der Waals surface area contributed by atoms with Gasteiger partial charge in [0.15, 0.2) is 5.13 Å². The first-order valence-corrected chi connectivity index (χ1v) is 8.36. The number of nitrogen functional groups attached to an aromatic ring is 1. The van der Waals surface area contributed by atoms with Crippen molar-refractivity contribution in [1.29, 1.82) is 0 Å². The van der Waals surface area contributed by atoms with Gasteiger partial charge < -0.3 is 10.8 Å². The maximum Gasteiger partial charge on any atom is 0.180 e. The second-order valence-electron chi connectivity index (χ2n) is 5.62. The van der Waals surface area contributed by atoms with E-state index in [1.165, 1.54) is 10.6 Å². The molecule has 0 saturated carbocycles. The predicted molar refractivity (Wildman–Crippen MR) is 92.3 cm³/mol. The van der Waals surface area contributed by atoms with Crippen molar-refractivity contribution in [3.63, 3.8) is 0 Å². The predicted octanol–water partition coefficient (Wildman–Crippen LogP) is 2.85. The van der Waals surface area contributed by atoms with Gasteiger partial charge in [-0.1, -0.05) is 24.3 Å². The summed E-state index contributed by atoms with van der Waals surface area (Å²) in [5.41, 5.74) is 8.96. The summed E-state index contributed by atoms with van der Waals surface area (Å²) >= 11 is 1.62. The molecule has 0 amide bonds. The average molecular weight is 315 g/mol. The van der Waals surface area contributed by atoms with Crippen molar-refractivity contribution in [3.8, 4) is 5.75 Å². The molecule has 0 fully saturated rings. The molecule has 2 aromatic rings. The number of fused-ring (bicyclic) bond motifs is 1. The molecular formula is C17H21N3OS. The molecule has 0 unspecified atom stereocenters. The SMILES string of the molecule is Cc1c(O)cccc1/C=C/CN1CCc2nc(N)sc2CC1. The van der Waals surface area contributed by atoms with Gasteiger partial charge in [0, 0.05) is 30.9 Å². The third-order valence-electron chi connectivity index (χ3n) is 4.12. The third kappa shape index (κ3) is 3.31. The Bertz CT molecular complexity index is 668. The smallest absolute Gasteiger partial charge is 0.180 e. The van der Waals surface area contributed by atoms with Crippen LogP contribution in [0, 0.1) is 6.92 Å². The second-order valence-corrected chi connectivity index (χ2v) is 6.73. The van der Waals surface area contributed by atoms with E-state index in [1.54, 1.807) is 17.4 Å². The summed E-state index contributed by atoms with van der Waals surface area (Å²) in [7, 11) is 0. The maximum absolute atomic E-state index is 9.72. The van der Waals surface area contributed by atoms with Crippen LogP contribution < -0.4 is 5.73 Å². The van der Waals surface area contributed by atoms with Gasteiger partial charge in [-0.25, -0.2) is 4.98 Å². The van der Waals surface area contributed by atoms with E-state index in [4.69, 9.17) is 5.73 Å². The molecular weight excluding hydrogens is 294 g/mol. The van der Waals surface area contributed by atoms with Crippen molar-refractivity contribution < 1.29 is 5.11 Å². The molecule has 0 radical (unpaired) electrons. The van der Waals surface area contributed by atoms with E-state index in [2.05, 4.69) is 22.0 Å². The molecule has 3 N–H and O–H groups in total. The zero-order valence-electron chi connectivity index (χ0n) is 12.7. The van der Waals surface area contributed by atoms with Gasteiger partial charge in [0.05, 0.1) is 5.69 Å². The summed E-state index contributed by atoms with van der Waals surface area (Å²) in [4.78, 5) is 8.19. The van der Waals surface area contributed by atoms with Crippen LogP contribution in [0.4, 0.5) is 5.13 Å². The van der Waals surface area contributed by atoms with Gasteiger partial charge in [0.25, 0.3) is 0 Å².